The van der Waals surface area contributed by atoms with E-state index in [4.69, 9.17) is 18.0 Å². The Morgan fingerprint density at radius 2 is 2.10 bits per heavy atom. The molecule has 0 saturated carbocycles. The van der Waals surface area contributed by atoms with Crippen LogP contribution in [0.25, 0.3) is 0 Å². The second-order valence-electron chi connectivity index (χ2n) is 6.24. The first-order valence-corrected chi connectivity index (χ1v) is 7.98. The van der Waals surface area contributed by atoms with Crippen LogP contribution in [0.5, 0.6) is 0 Å². The summed E-state index contributed by atoms with van der Waals surface area (Å²) in [7, 11) is 2.23. The van der Waals surface area contributed by atoms with Crippen LogP contribution in [0.2, 0.25) is 0 Å². The van der Waals surface area contributed by atoms with Gasteiger partial charge in [-0.05, 0) is 50.1 Å². The lowest BCUT2D eigenvalue weighted by Crippen LogP contribution is -2.36. The van der Waals surface area contributed by atoms with E-state index in [2.05, 4.69) is 16.8 Å². The van der Waals surface area contributed by atoms with Crippen LogP contribution in [0.3, 0.4) is 0 Å². The Balaban J connectivity index is 1.77. The fraction of sp³-hybridized carbons (Fsp3) is 0.562. The molecule has 114 valence electrons. The van der Waals surface area contributed by atoms with Gasteiger partial charge in [0.05, 0.1) is 0 Å². The van der Waals surface area contributed by atoms with E-state index in [9.17, 15) is 4.39 Å². The predicted octanol–water partition coefficient (Wildman–Crippen LogP) is 2.13. The molecule has 0 aliphatic carbocycles. The van der Waals surface area contributed by atoms with E-state index in [1.54, 1.807) is 12.1 Å². The first-order chi connectivity index (χ1) is 10.0. The topological polar surface area (TPSA) is 32.5 Å². The van der Waals surface area contributed by atoms with Crippen LogP contribution in [0.1, 0.15) is 30.4 Å². The SMILES string of the molecule is CN1C2CCC1CN(Cc1cc(F)ccc1C(N)=S)CC2. The van der Waals surface area contributed by atoms with Gasteiger partial charge in [0.15, 0.2) is 0 Å². The smallest absolute Gasteiger partial charge is 0.123 e. The number of likely N-dealkylation sites (tertiary alicyclic amines) is 1. The zero-order chi connectivity index (χ0) is 15.0. The molecule has 21 heavy (non-hydrogen) atoms. The minimum atomic E-state index is -0.224. The standard InChI is InChI=1S/C16H22FN3S/c1-19-13-3-4-14(19)10-20(7-6-13)9-11-8-12(17)2-5-15(11)16(18)21/h2,5,8,13-14H,3-4,6-7,9-10H2,1H3,(H2,18,21). The van der Waals surface area contributed by atoms with Gasteiger partial charge in [-0.3, -0.25) is 9.80 Å². The Morgan fingerprint density at radius 1 is 1.33 bits per heavy atom. The third-order valence-corrected chi connectivity index (χ3v) is 5.18. The average molecular weight is 307 g/mol. The molecular formula is C16H22FN3S. The van der Waals surface area contributed by atoms with Gasteiger partial charge in [-0.15, -0.1) is 0 Å². The molecule has 1 aromatic carbocycles. The molecule has 2 N–H and O–H groups in total. The van der Waals surface area contributed by atoms with Gasteiger partial charge >= 0.3 is 0 Å². The van der Waals surface area contributed by atoms with Crippen molar-refractivity contribution in [1.29, 1.82) is 0 Å². The highest BCUT2D eigenvalue weighted by molar-refractivity contribution is 7.80. The summed E-state index contributed by atoms with van der Waals surface area (Å²) in [6.45, 7) is 2.82. The van der Waals surface area contributed by atoms with Gasteiger partial charge in [0, 0.05) is 37.3 Å². The molecule has 2 fully saturated rings. The molecule has 2 heterocycles. The number of nitrogens with two attached hydrogens (primary N) is 1. The van der Waals surface area contributed by atoms with Crippen LogP contribution >= 0.6 is 12.2 Å². The molecule has 1 aromatic rings. The number of fused-ring (bicyclic) bond motifs is 2. The van der Waals surface area contributed by atoms with E-state index in [0.29, 0.717) is 17.1 Å². The Kier molecular flexibility index (Phi) is 4.24. The fourth-order valence-electron chi connectivity index (χ4n) is 3.70. The van der Waals surface area contributed by atoms with Crippen molar-refractivity contribution in [2.45, 2.75) is 37.9 Å². The van der Waals surface area contributed by atoms with Crippen molar-refractivity contribution in [3.8, 4) is 0 Å². The normalized spacial score (nSPS) is 26.8. The summed E-state index contributed by atoms with van der Waals surface area (Å²) in [6, 6.07) is 6.03. The van der Waals surface area contributed by atoms with Crippen LogP contribution < -0.4 is 5.73 Å². The van der Waals surface area contributed by atoms with Gasteiger partial charge in [-0.25, -0.2) is 4.39 Å². The molecule has 3 nitrogen and oxygen atoms in total. The molecule has 0 spiro atoms. The van der Waals surface area contributed by atoms with Crippen molar-refractivity contribution in [3.63, 3.8) is 0 Å². The third-order valence-electron chi connectivity index (χ3n) is 4.96. The van der Waals surface area contributed by atoms with E-state index in [1.165, 1.54) is 25.3 Å². The highest BCUT2D eigenvalue weighted by Gasteiger charge is 2.34. The minimum absolute atomic E-state index is 0.224. The van der Waals surface area contributed by atoms with Gasteiger partial charge in [-0.1, -0.05) is 12.2 Å². The van der Waals surface area contributed by atoms with E-state index in [0.717, 1.165) is 30.8 Å². The maximum absolute atomic E-state index is 13.5. The molecule has 2 saturated heterocycles. The summed E-state index contributed by atoms with van der Waals surface area (Å²) in [5, 5.41) is 0. The molecule has 2 unspecified atom stereocenters. The lowest BCUT2D eigenvalue weighted by molar-refractivity contribution is 0.214. The number of benzene rings is 1. The van der Waals surface area contributed by atoms with E-state index in [-0.39, 0.29) is 5.82 Å². The molecule has 5 heteroatoms. The Hall–Kier alpha value is -1.04. The average Bonchev–Trinajstić information content (AvgIpc) is 2.67. The fourth-order valence-corrected chi connectivity index (χ4v) is 3.90. The maximum Gasteiger partial charge on any atom is 0.123 e. The van der Waals surface area contributed by atoms with Crippen LogP contribution in [0.4, 0.5) is 4.39 Å². The number of hydrogen-bond acceptors (Lipinski definition) is 3. The first-order valence-electron chi connectivity index (χ1n) is 7.57. The number of nitrogens with zero attached hydrogens (tertiary/aromatic N) is 2. The van der Waals surface area contributed by atoms with Crippen LogP contribution in [-0.4, -0.2) is 47.0 Å². The molecule has 0 aromatic heterocycles. The van der Waals surface area contributed by atoms with Crippen LogP contribution in [0, 0.1) is 5.82 Å². The van der Waals surface area contributed by atoms with E-state index >= 15 is 0 Å². The number of rotatable bonds is 3. The van der Waals surface area contributed by atoms with Crippen LogP contribution in [0.15, 0.2) is 18.2 Å². The van der Waals surface area contributed by atoms with Gasteiger partial charge < -0.3 is 5.73 Å². The van der Waals surface area contributed by atoms with E-state index in [1.807, 2.05) is 0 Å². The summed E-state index contributed by atoms with van der Waals surface area (Å²) < 4.78 is 13.5. The van der Waals surface area contributed by atoms with Crippen molar-refractivity contribution in [2.75, 3.05) is 20.1 Å². The summed E-state index contributed by atoms with van der Waals surface area (Å²) in [5.41, 5.74) is 7.47. The molecular weight excluding hydrogens is 285 g/mol. The number of likely N-dealkylation sites (N-methyl/N-ethyl adjacent to an activating group) is 1. The largest absolute Gasteiger partial charge is 0.389 e. The molecule has 2 bridgehead atoms. The van der Waals surface area contributed by atoms with Crippen molar-refractivity contribution in [2.24, 2.45) is 5.73 Å². The monoisotopic (exact) mass is 307 g/mol. The van der Waals surface area contributed by atoms with Crippen molar-refractivity contribution in [1.82, 2.24) is 9.80 Å². The molecule has 2 aliphatic heterocycles. The molecule has 0 amide bonds. The van der Waals surface area contributed by atoms with Gasteiger partial charge in [0.25, 0.3) is 0 Å². The van der Waals surface area contributed by atoms with E-state index < -0.39 is 0 Å². The first kappa shape index (κ1) is 14.9. The van der Waals surface area contributed by atoms with Gasteiger partial charge in [-0.2, -0.15) is 0 Å². The molecule has 3 rings (SSSR count). The third kappa shape index (κ3) is 3.10. The minimum Gasteiger partial charge on any atom is -0.389 e. The summed E-state index contributed by atoms with van der Waals surface area (Å²) in [5.74, 6) is -0.224. The predicted molar refractivity (Wildman–Crippen MR) is 86.8 cm³/mol. The van der Waals surface area contributed by atoms with Crippen molar-refractivity contribution < 1.29 is 4.39 Å². The molecule has 0 radical (unpaired) electrons. The zero-order valence-corrected chi connectivity index (χ0v) is 13.2. The Labute approximate surface area is 130 Å². The van der Waals surface area contributed by atoms with Crippen molar-refractivity contribution >= 4 is 17.2 Å². The van der Waals surface area contributed by atoms with Crippen molar-refractivity contribution in [3.05, 3.63) is 35.1 Å². The second-order valence-corrected chi connectivity index (χ2v) is 6.68. The zero-order valence-electron chi connectivity index (χ0n) is 12.4. The Morgan fingerprint density at radius 3 is 2.86 bits per heavy atom. The lowest BCUT2D eigenvalue weighted by Gasteiger charge is -2.26. The molecule has 2 atom stereocenters. The number of thiocarbonyl (C=S) groups is 1. The highest BCUT2D eigenvalue weighted by atomic mass is 32.1. The quantitative estimate of drug-likeness (QED) is 0.867. The summed E-state index contributed by atoms with van der Waals surface area (Å²) >= 11 is 5.09. The summed E-state index contributed by atoms with van der Waals surface area (Å²) in [6.07, 6.45) is 3.76. The second kappa shape index (κ2) is 5.99. The van der Waals surface area contributed by atoms with Gasteiger partial charge in [0.2, 0.25) is 0 Å². The summed E-state index contributed by atoms with van der Waals surface area (Å²) in [4.78, 5) is 5.27. The number of halogens is 1. The van der Waals surface area contributed by atoms with Crippen LogP contribution in [-0.2, 0) is 6.54 Å². The van der Waals surface area contributed by atoms with Gasteiger partial charge in [0.1, 0.15) is 10.8 Å². The number of hydrogen-bond donors (Lipinski definition) is 1. The molecule has 2 aliphatic rings. The maximum atomic E-state index is 13.5. The lowest BCUT2D eigenvalue weighted by atomic mass is 10.0. The Bertz CT molecular complexity index is 548. The highest BCUT2D eigenvalue weighted by Crippen LogP contribution is 2.29.